The molecule has 0 bridgehead atoms. The Labute approximate surface area is 122 Å². The van der Waals surface area contributed by atoms with Gasteiger partial charge in [0.15, 0.2) is 0 Å². The SMILES string of the molecule is COC(=O)C1CCN(CCN2CCNCC2)CC1.Cl. The lowest BCUT2D eigenvalue weighted by atomic mass is 9.97. The molecule has 0 aromatic rings. The van der Waals surface area contributed by atoms with Crippen molar-refractivity contribution in [2.75, 3.05) is 59.5 Å². The van der Waals surface area contributed by atoms with Crippen LogP contribution in [0.3, 0.4) is 0 Å². The Bertz CT molecular complexity index is 265. The highest BCUT2D eigenvalue weighted by Gasteiger charge is 2.25. The van der Waals surface area contributed by atoms with Crippen LogP contribution in [0.25, 0.3) is 0 Å². The van der Waals surface area contributed by atoms with Gasteiger partial charge in [-0.1, -0.05) is 0 Å². The van der Waals surface area contributed by atoms with E-state index >= 15 is 0 Å². The van der Waals surface area contributed by atoms with E-state index in [-0.39, 0.29) is 24.3 Å². The van der Waals surface area contributed by atoms with Crippen molar-refractivity contribution in [3.05, 3.63) is 0 Å². The van der Waals surface area contributed by atoms with Gasteiger partial charge in [-0.05, 0) is 25.9 Å². The van der Waals surface area contributed by atoms with Crippen LogP contribution < -0.4 is 5.32 Å². The van der Waals surface area contributed by atoms with Crippen molar-refractivity contribution in [1.29, 1.82) is 0 Å². The molecule has 2 heterocycles. The van der Waals surface area contributed by atoms with Crippen LogP contribution in [0.4, 0.5) is 0 Å². The molecule has 6 heteroatoms. The number of rotatable bonds is 4. The fourth-order valence-corrected chi connectivity index (χ4v) is 2.78. The fourth-order valence-electron chi connectivity index (χ4n) is 2.78. The van der Waals surface area contributed by atoms with Gasteiger partial charge in [0.2, 0.25) is 0 Å². The van der Waals surface area contributed by atoms with E-state index in [9.17, 15) is 4.79 Å². The maximum atomic E-state index is 11.4. The van der Waals surface area contributed by atoms with Crippen molar-refractivity contribution in [2.24, 2.45) is 5.92 Å². The largest absolute Gasteiger partial charge is 0.469 e. The minimum Gasteiger partial charge on any atom is -0.469 e. The minimum absolute atomic E-state index is 0. The number of carbonyl (C=O) groups excluding carboxylic acids is 1. The number of nitrogens with zero attached hydrogens (tertiary/aromatic N) is 2. The van der Waals surface area contributed by atoms with E-state index in [1.165, 1.54) is 20.2 Å². The van der Waals surface area contributed by atoms with Crippen LogP contribution in [-0.4, -0.2) is 75.2 Å². The molecule has 2 rings (SSSR count). The van der Waals surface area contributed by atoms with Crippen molar-refractivity contribution < 1.29 is 9.53 Å². The average Bonchev–Trinajstić information content (AvgIpc) is 2.46. The summed E-state index contributed by atoms with van der Waals surface area (Å²) in [5, 5.41) is 3.37. The highest BCUT2D eigenvalue weighted by molar-refractivity contribution is 5.85. The summed E-state index contributed by atoms with van der Waals surface area (Å²) in [6.07, 6.45) is 1.91. The van der Waals surface area contributed by atoms with E-state index in [0.717, 1.165) is 52.1 Å². The monoisotopic (exact) mass is 291 g/mol. The van der Waals surface area contributed by atoms with Crippen molar-refractivity contribution in [2.45, 2.75) is 12.8 Å². The number of nitrogens with one attached hydrogen (secondary N) is 1. The number of carbonyl (C=O) groups is 1. The molecule has 0 aromatic carbocycles. The predicted molar refractivity (Wildman–Crippen MR) is 77.7 cm³/mol. The van der Waals surface area contributed by atoms with Gasteiger partial charge in [-0.25, -0.2) is 0 Å². The summed E-state index contributed by atoms with van der Waals surface area (Å²) in [6.45, 7) is 8.92. The number of esters is 1. The molecule has 0 aromatic heterocycles. The van der Waals surface area contributed by atoms with Crippen molar-refractivity contribution in [3.63, 3.8) is 0 Å². The molecule has 2 aliphatic rings. The number of piperidine rings is 1. The van der Waals surface area contributed by atoms with Gasteiger partial charge in [0.1, 0.15) is 0 Å². The van der Waals surface area contributed by atoms with E-state index in [2.05, 4.69) is 15.1 Å². The van der Waals surface area contributed by atoms with Crippen molar-refractivity contribution in [3.8, 4) is 0 Å². The van der Waals surface area contributed by atoms with Gasteiger partial charge in [-0.3, -0.25) is 9.69 Å². The molecule has 19 heavy (non-hydrogen) atoms. The molecule has 0 unspecified atom stereocenters. The summed E-state index contributed by atoms with van der Waals surface area (Å²) in [4.78, 5) is 16.4. The van der Waals surface area contributed by atoms with Crippen molar-refractivity contribution >= 4 is 18.4 Å². The molecular formula is C13H26ClN3O2. The second kappa shape index (κ2) is 8.74. The molecule has 112 valence electrons. The number of hydrogen-bond acceptors (Lipinski definition) is 5. The third kappa shape index (κ3) is 5.26. The second-order valence-corrected chi connectivity index (χ2v) is 5.23. The second-order valence-electron chi connectivity index (χ2n) is 5.23. The molecule has 0 aliphatic carbocycles. The van der Waals surface area contributed by atoms with Crippen LogP contribution in [0.1, 0.15) is 12.8 Å². The zero-order valence-corrected chi connectivity index (χ0v) is 12.6. The molecule has 0 saturated carbocycles. The number of likely N-dealkylation sites (tertiary alicyclic amines) is 1. The molecule has 2 saturated heterocycles. The maximum Gasteiger partial charge on any atom is 0.308 e. The Hall–Kier alpha value is -0.360. The molecule has 0 amide bonds. The lowest BCUT2D eigenvalue weighted by Crippen LogP contribution is -2.47. The first-order valence-corrected chi connectivity index (χ1v) is 7.03. The molecule has 0 radical (unpaired) electrons. The van der Waals surface area contributed by atoms with Crippen LogP contribution in [0.5, 0.6) is 0 Å². The normalized spacial score (nSPS) is 22.8. The summed E-state index contributed by atoms with van der Waals surface area (Å²) < 4.78 is 4.81. The van der Waals surface area contributed by atoms with E-state index in [1.54, 1.807) is 0 Å². The zero-order valence-electron chi connectivity index (χ0n) is 11.8. The topological polar surface area (TPSA) is 44.8 Å². The predicted octanol–water partition coefficient (Wildman–Crippen LogP) is 0.198. The third-order valence-electron chi connectivity index (χ3n) is 4.06. The van der Waals surface area contributed by atoms with Gasteiger partial charge in [0, 0.05) is 39.3 Å². The minimum atomic E-state index is -0.0308. The van der Waals surface area contributed by atoms with E-state index < -0.39 is 0 Å². The quantitative estimate of drug-likeness (QED) is 0.750. The smallest absolute Gasteiger partial charge is 0.308 e. The molecule has 2 aliphatic heterocycles. The first kappa shape index (κ1) is 16.7. The number of methoxy groups -OCH3 is 1. The highest BCUT2D eigenvalue weighted by atomic mass is 35.5. The number of piperazine rings is 1. The van der Waals surface area contributed by atoms with E-state index in [0.29, 0.717) is 0 Å². The third-order valence-corrected chi connectivity index (χ3v) is 4.06. The Morgan fingerprint density at radius 1 is 1.11 bits per heavy atom. The Kier molecular flexibility index (Phi) is 7.68. The molecule has 1 N–H and O–H groups in total. The molecule has 5 nitrogen and oxygen atoms in total. The molecule has 2 fully saturated rings. The average molecular weight is 292 g/mol. The zero-order chi connectivity index (χ0) is 12.8. The van der Waals surface area contributed by atoms with Crippen LogP contribution in [-0.2, 0) is 9.53 Å². The highest BCUT2D eigenvalue weighted by Crippen LogP contribution is 2.18. The summed E-state index contributed by atoms with van der Waals surface area (Å²) in [5.41, 5.74) is 0. The standard InChI is InChI=1S/C13H25N3O2.ClH/c1-18-13(17)12-2-6-15(7-3-12)10-11-16-8-4-14-5-9-16;/h12,14H,2-11H2,1H3;1H. The van der Waals surface area contributed by atoms with Crippen LogP contribution in [0, 0.1) is 5.92 Å². The number of ether oxygens (including phenoxy) is 1. The first-order valence-electron chi connectivity index (χ1n) is 7.03. The first-order chi connectivity index (χ1) is 8.79. The Morgan fingerprint density at radius 3 is 2.16 bits per heavy atom. The molecule has 0 spiro atoms. The van der Waals surface area contributed by atoms with E-state index in [1.807, 2.05) is 0 Å². The van der Waals surface area contributed by atoms with Gasteiger partial charge < -0.3 is 15.0 Å². The summed E-state index contributed by atoms with van der Waals surface area (Å²) >= 11 is 0. The lowest BCUT2D eigenvalue weighted by molar-refractivity contribution is -0.147. The molecular weight excluding hydrogens is 266 g/mol. The van der Waals surface area contributed by atoms with E-state index in [4.69, 9.17) is 4.74 Å². The molecule has 0 atom stereocenters. The van der Waals surface area contributed by atoms with Gasteiger partial charge in [0.25, 0.3) is 0 Å². The lowest BCUT2D eigenvalue weighted by Gasteiger charge is -2.33. The van der Waals surface area contributed by atoms with Gasteiger partial charge >= 0.3 is 5.97 Å². The maximum absolute atomic E-state index is 11.4. The van der Waals surface area contributed by atoms with Crippen molar-refractivity contribution in [1.82, 2.24) is 15.1 Å². The Morgan fingerprint density at radius 2 is 1.63 bits per heavy atom. The number of hydrogen-bond donors (Lipinski definition) is 1. The van der Waals surface area contributed by atoms with Gasteiger partial charge in [0.05, 0.1) is 13.0 Å². The summed E-state index contributed by atoms with van der Waals surface area (Å²) in [6, 6.07) is 0. The summed E-state index contributed by atoms with van der Waals surface area (Å²) in [7, 11) is 1.49. The fraction of sp³-hybridized carbons (Fsp3) is 0.923. The summed E-state index contributed by atoms with van der Waals surface area (Å²) in [5.74, 6) is 0.0993. The van der Waals surface area contributed by atoms with Crippen LogP contribution in [0.2, 0.25) is 0 Å². The van der Waals surface area contributed by atoms with Gasteiger partial charge in [-0.15, -0.1) is 12.4 Å². The van der Waals surface area contributed by atoms with Crippen LogP contribution in [0.15, 0.2) is 0 Å². The number of halogens is 1. The van der Waals surface area contributed by atoms with Gasteiger partial charge in [-0.2, -0.15) is 0 Å². The Balaban J connectivity index is 0.00000180. The van der Waals surface area contributed by atoms with Crippen LogP contribution >= 0.6 is 12.4 Å².